The zero-order valence-electron chi connectivity index (χ0n) is 16.1. The van der Waals surface area contributed by atoms with Crippen LogP contribution in [0.4, 0.5) is 11.5 Å². The molecule has 0 aliphatic carbocycles. The van der Waals surface area contributed by atoms with Crippen molar-refractivity contribution in [1.82, 2.24) is 4.98 Å². The monoisotopic (exact) mass is 499 g/mol. The first-order valence-corrected chi connectivity index (χ1v) is 8.77. The SMILES string of the molecule is COc1ccc(NC(N)=NCc2cccnc2N2CCOCC2)cc1OC.I. The molecule has 1 fully saturated rings. The number of aliphatic imine (C=N–C) groups is 1. The van der Waals surface area contributed by atoms with E-state index in [0.717, 1.165) is 30.2 Å². The molecule has 2 heterocycles. The Labute approximate surface area is 182 Å². The van der Waals surface area contributed by atoms with E-state index in [4.69, 9.17) is 19.9 Å². The second-order valence-corrected chi connectivity index (χ2v) is 5.98. The summed E-state index contributed by atoms with van der Waals surface area (Å²) in [5.41, 5.74) is 7.85. The number of nitrogens with zero attached hydrogens (tertiary/aromatic N) is 3. The third-order valence-corrected chi connectivity index (χ3v) is 4.25. The molecule has 0 spiro atoms. The van der Waals surface area contributed by atoms with Gasteiger partial charge in [0, 0.05) is 36.6 Å². The molecule has 152 valence electrons. The number of morpholine rings is 1. The highest BCUT2D eigenvalue weighted by Crippen LogP contribution is 2.29. The quantitative estimate of drug-likeness (QED) is 0.359. The van der Waals surface area contributed by atoms with Crippen molar-refractivity contribution in [3.8, 4) is 11.5 Å². The number of anilines is 2. The van der Waals surface area contributed by atoms with Crippen LogP contribution in [0.2, 0.25) is 0 Å². The minimum Gasteiger partial charge on any atom is -0.493 e. The highest BCUT2D eigenvalue weighted by Gasteiger charge is 2.15. The van der Waals surface area contributed by atoms with Crippen molar-refractivity contribution >= 4 is 41.4 Å². The molecule has 0 unspecified atom stereocenters. The van der Waals surface area contributed by atoms with Gasteiger partial charge in [-0.25, -0.2) is 9.98 Å². The van der Waals surface area contributed by atoms with Gasteiger partial charge in [0.2, 0.25) is 0 Å². The van der Waals surface area contributed by atoms with Crippen LogP contribution in [0.5, 0.6) is 11.5 Å². The summed E-state index contributed by atoms with van der Waals surface area (Å²) in [6.45, 7) is 3.51. The minimum atomic E-state index is 0. The van der Waals surface area contributed by atoms with Crippen molar-refractivity contribution in [3.63, 3.8) is 0 Å². The van der Waals surface area contributed by atoms with Crippen LogP contribution in [0.3, 0.4) is 0 Å². The summed E-state index contributed by atoms with van der Waals surface area (Å²) in [6.07, 6.45) is 1.79. The van der Waals surface area contributed by atoms with Gasteiger partial charge >= 0.3 is 0 Å². The molecule has 28 heavy (non-hydrogen) atoms. The second kappa shape index (κ2) is 10.9. The van der Waals surface area contributed by atoms with Gasteiger partial charge in [-0.15, -0.1) is 24.0 Å². The molecule has 8 nitrogen and oxygen atoms in total. The number of nitrogens with one attached hydrogen (secondary N) is 1. The molecule has 3 N–H and O–H groups in total. The van der Waals surface area contributed by atoms with E-state index in [2.05, 4.69) is 20.2 Å². The van der Waals surface area contributed by atoms with Gasteiger partial charge in [0.1, 0.15) is 5.82 Å². The molecule has 1 aromatic heterocycles. The highest BCUT2D eigenvalue weighted by molar-refractivity contribution is 14.0. The van der Waals surface area contributed by atoms with Gasteiger partial charge in [0.15, 0.2) is 17.5 Å². The third-order valence-electron chi connectivity index (χ3n) is 4.25. The van der Waals surface area contributed by atoms with E-state index < -0.39 is 0 Å². The number of benzene rings is 1. The summed E-state index contributed by atoms with van der Waals surface area (Å²) in [5.74, 6) is 2.53. The Morgan fingerprint density at radius 3 is 2.68 bits per heavy atom. The molecular formula is C19H26IN5O3. The van der Waals surface area contributed by atoms with Crippen LogP contribution >= 0.6 is 24.0 Å². The molecule has 0 radical (unpaired) electrons. The molecule has 3 rings (SSSR count). The Hall–Kier alpha value is -2.27. The lowest BCUT2D eigenvalue weighted by atomic mass is 10.2. The number of hydrogen-bond donors (Lipinski definition) is 2. The standard InChI is InChI=1S/C19H25N5O3.HI/c1-25-16-6-5-15(12-17(16)26-2)23-19(20)22-13-14-4-3-7-21-18(14)24-8-10-27-11-9-24;/h3-7,12H,8-11,13H2,1-2H3,(H3,20,22,23);1H. The van der Waals surface area contributed by atoms with Crippen molar-refractivity contribution < 1.29 is 14.2 Å². The van der Waals surface area contributed by atoms with Crippen LogP contribution in [0.1, 0.15) is 5.56 Å². The maximum Gasteiger partial charge on any atom is 0.193 e. The van der Waals surface area contributed by atoms with Crippen LogP contribution in [0.25, 0.3) is 0 Å². The topological polar surface area (TPSA) is 94.2 Å². The van der Waals surface area contributed by atoms with Crippen LogP contribution in [0.15, 0.2) is 41.5 Å². The molecule has 9 heteroatoms. The third kappa shape index (κ3) is 5.61. The van der Waals surface area contributed by atoms with E-state index in [9.17, 15) is 0 Å². The van der Waals surface area contributed by atoms with Gasteiger partial charge in [-0.05, 0) is 18.2 Å². The molecule has 2 aromatic rings. The molecule has 1 aliphatic rings. The number of hydrogen-bond acceptors (Lipinski definition) is 6. The Morgan fingerprint density at radius 1 is 1.21 bits per heavy atom. The van der Waals surface area contributed by atoms with Crippen molar-refractivity contribution in [2.75, 3.05) is 50.7 Å². The minimum absolute atomic E-state index is 0. The largest absolute Gasteiger partial charge is 0.493 e. The van der Waals surface area contributed by atoms with E-state index >= 15 is 0 Å². The van der Waals surface area contributed by atoms with E-state index in [1.807, 2.05) is 30.3 Å². The lowest BCUT2D eigenvalue weighted by molar-refractivity contribution is 0.122. The van der Waals surface area contributed by atoms with Crippen molar-refractivity contribution in [1.29, 1.82) is 0 Å². The number of guanidine groups is 1. The molecule has 1 saturated heterocycles. The van der Waals surface area contributed by atoms with Gasteiger partial charge in [-0.3, -0.25) is 0 Å². The average Bonchev–Trinajstić information content (AvgIpc) is 2.73. The first-order valence-electron chi connectivity index (χ1n) is 8.77. The summed E-state index contributed by atoms with van der Waals surface area (Å²) in [4.78, 5) is 11.2. The Kier molecular flexibility index (Phi) is 8.58. The van der Waals surface area contributed by atoms with Gasteiger partial charge in [-0.2, -0.15) is 0 Å². The van der Waals surface area contributed by atoms with Gasteiger partial charge in [0.25, 0.3) is 0 Å². The van der Waals surface area contributed by atoms with Crippen LogP contribution in [-0.2, 0) is 11.3 Å². The molecule has 0 atom stereocenters. The van der Waals surface area contributed by atoms with E-state index in [0.29, 0.717) is 37.2 Å². The average molecular weight is 499 g/mol. The summed E-state index contributed by atoms with van der Waals surface area (Å²) in [6, 6.07) is 9.40. The predicted molar refractivity (Wildman–Crippen MR) is 121 cm³/mol. The van der Waals surface area contributed by atoms with Crippen LogP contribution < -0.4 is 25.4 Å². The number of halogens is 1. The number of rotatable bonds is 6. The summed E-state index contributed by atoms with van der Waals surface area (Å²) >= 11 is 0. The molecule has 0 saturated carbocycles. The maximum atomic E-state index is 6.06. The lowest BCUT2D eigenvalue weighted by Crippen LogP contribution is -2.37. The zero-order valence-corrected chi connectivity index (χ0v) is 18.4. The molecule has 1 aliphatic heterocycles. The lowest BCUT2D eigenvalue weighted by Gasteiger charge is -2.29. The van der Waals surface area contributed by atoms with Crippen molar-refractivity contribution in [2.45, 2.75) is 6.54 Å². The van der Waals surface area contributed by atoms with Crippen LogP contribution in [-0.4, -0.2) is 51.5 Å². The normalized spacial score (nSPS) is 14.2. The van der Waals surface area contributed by atoms with Crippen LogP contribution in [0, 0.1) is 0 Å². The maximum absolute atomic E-state index is 6.06. The second-order valence-electron chi connectivity index (χ2n) is 5.98. The number of pyridine rings is 1. The fraction of sp³-hybridized carbons (Fsp3) is 0.368. The molecule has 1 aromatic carbocycles. The van der Waals surface area contributed by atoms with Crippen molar-refractivity contribution in [3.05, 3.63) is 42.1 Å². The number of ether oxygens (including phenoxy) is 3. The Morgan fingerprint density at radius 2 is 1.96 bits per heavy atom. The fourth-order valence-corrected chi connectivity index (χ4v) is 2.89. The summed E-state index contributed by atoms with van der Waals surface area (Å²) in [5, 5.41) is 3.08. The first kappa shape index (κ1) is 22.0. The predicted octanol–water partition coefficient (Wildman–Crippen LogP) is 2.48. The van der Waals surface area contributed by atoms with Gasteiger partial charge in [0.05, 0.1) is 34.0 Å². The zero-order chi connectivity index (χ0) is 19.1. The van der Waals surface area contributed by atoms with Gasteiger partial charge < -0.3 is 30.2 Å². The fourth-order valence-electron chi connectivity index (χ4n) is 2.89. The van der Waals surface area contributed by atoms with E-state index in [1.165, 1.54) is 0 Å². The molecule has 0 amide bonds. The molecular weight excluding hydrogens is 473 g/mol. The summed E-state index contributed by atoms with van der Waals surface area (Å²) in [7, 11) is 3.19. The molecule has 0 bridgehead atoms. The van der Waals surface area contributed by atoms with Crippen molar-refractivity contribution in [2.24, 2.45) is 10.7 Å². The number of aromatic nitrogens is 1. The van der Waals surface area contributed by atoms with Gasteiger partial charge in [-0.1, -0.05) is 6.07 Å². The smallest absolute Gasteiger partial charge is 0.193 e. The number of methoxy groups -OCH3 is 2. The van der Waals surface area contributed by atoms with E-state index in [1.54, 1.807) is 20.4 Å². The summed E-state index contributed by atoms with van der Waals surface area (Å²) < 4.78 is 16.0. The Balaban J connectivity index is 0.00000280. The van der Waals surface area contributed by atoms with E-state index in [-0.39, 0.29) is 24.0 Å². The first-order chi connectivity index (χ1) is 13.2. The Bertz CT molecular complexity index is 797. The highest BCUT2D eigenvalue weighted by atomic mass is 127. The number of nitrogens with two attached hydrogens (primary N) is 1.